The lowest BCUT2D eigenvalue weighted by molar-refractivity contribution is 0.812. The number of nitrogens with zero attached hydrogens (tertiary/aromatic N) is 4. The Labute approximate surface area is 146 Å². The van der Waals surface area contributed by atoms with Crippen molar-refractivity contribution in [3.8, 4) is 0 Å². The lowest BCUT2D eigenvalue weighted by Gasteiger charge is -2.05. The Morgan fingerprint density at radius 1 is 0.840 bits per heavy atom. The van der Waals surface area contributed by atoms with Crippen molar-refractivity contribution in [1.29, 1.82) is 0 Å². The summed E-state index contributed by atoms with van der Waals surface area (Å²) in [5.41, 5.74) is 5.60. The highest BCUT2D eigenvalue weighted by atomic mass is 15.1. The largest absolute Gasteiger partial charge is 0.311 e. The molecule has 5 rings (SSSR count). The van der Waals surface area contributed by atoms with Gasteiger partial charge in [0.05, 0.1) is 18.6 Å². The molecule has 1 saturated carbocycles. The van der Waals surface area contributed by atoms with Gasteiger partial charge in [-0.25, -0.2) is 15.0 Å². The first-order chi connectivity index (χ1) is 12.4. The van der Waals surface area contributed by atoms with Gasteiger partial charge in [-0.15, -0.1) is 0 Å². The van der Waals surface area contributed by atoms with Crippen molar-refractivity contribution in [1.82, 2.24) is 19.5 Å². The van der Waals surface area contributed by atoms with Gasteiger partial charge in [-0.05, 0) is 23.5 Å². The third-order valence-electron chi connectivity index (χ3n) is 4.99. The topological polar surface area (TPSA) is 43.6 Å². The highest BCUT2D eigenvalue weighted by Crippen LogP contribution is 2.54. The summed E-state index contributed by atoms with van der Waals surface area (Å²) in [5, 5.41) is 0. The van der Waals surface area contributed by atoms with Gasteiger partial charge in [-0.3, -0.25) is 0 Å². The Bertz CT molecular complexity index is 1010. The van der Waals surface area contributed by atoms with Gasteiger partial charge in [0.2, 0.25) is 0 Å². The van der Waals surface area contributed by atoms with Crippen molar-refractivity contribution in [2.75, 3.05) is 0 Å². The number of benzene rings is 2. The van der Waals surface area contributed by atoms with Crippen LogP contribution in [0.3, 0.4) is 0 Å². The summed E-state index contributed by atoms with van der Waals surface area (Å²) in [6.45, 7) is 0.778. The molecule has 25 heavy (non-hydrogen) atoms. The summed E-state index contributed by atoms with van der Waals surface area (Å²) in [5.74, 6) is 1.01. The van der Waals surface area contributed by atoms with Crippen molar-refractivity contribution in [2.45, 2.75) is 24.8 Å². The van der Waals surface area contributed by atoms with E-state index in [0.29, 0.717) is 11.8 Å². The van der Waals surface area contributed by atoms with Crippen LogP contribution in [0.25, 0.3) is 11.2 Å². The SMILES string of the molecule is c1ccc(Cn2cnc3c([C@@H]4C[C@@H]4c4ccccc4)ncnc32)cc1. The highest BCUT2D eigenvalue weighted by molar-refractivity contribution is 5.74. The molecule has 1 aliphatic carbocycles. The van der Waals surface area contributed by atoms with E-state index in [2.05, 4.69) is 74.1 Å². The maximum absolute atomic E-state index is 4.64. The predicted molar refractivity (Wildman–Crippen MR) is 97.4 cm³/mol. The Kier molecular flexibility index (Phi) is 3.33. The average molecular weight is 326 g/mol. The van der Waals surface area contributed by atoms with Gasteiger partial charge < -0.3 is 4.57 Å². The summed E-state index contributed by atoms with van der Waals surface area (Å²) in [6.07, 6.45) is 4.71. The zero-order valence-corrected chi connectivity index (χ0v) is 13.8. The fourth-order valence-corrected chi connectivity index (χ4v) is 3.63. The van der Waals surface area contributed by atoms with Crippen LogP contribution < -0.4 is 0 Å². The van der Waals surface area contributed by atoms with E-state index in [4.69, 9.17) is 0 Å². The second kappa shape index (κ2) is 5.81. The van der Waals surface area contributed by atoms with E-state index in [9.17, 15) is 0 Å². The van der Waals surface area contributed by atoms with Gasteiger partial charge in [0.15, 0.2) is 5.65 Å². The first kappa shape index (κ1) is 14.3. The minimum atomic E-state index is 0.452. The third-order valence-corrected chi connectivity index (χ3v) is 4.99. The summed E-state index contributed by atoms with van der Waals surface area (Å²) in [4.78, 5) is 13.7. The number of hydrogen-bond donors (Lipinski definition) is 0. The van der Waals surface area contributed by atoms with E-state index in [0.717, 1.165) is 29.8 Å². The van der Waals surface area contributed by atoms with E-state index >= 15 is 0 Å². The minimum absolute atomic E-state index is 0.452. The number of fused-ring (bicyclic) bond motifs is 1. The molecule has 2 aromatic carbocycles. The molecule has 2 aromatic heterocycles. The van der Waals surface area contributed by atoms with Crippen LogP contribution in [0.2, 0.25) is 0 Å². The molecule has 0 bridgehead atoms. The molecule has 122 valence electrons. The Hall–Kier alpha value is -3.01. The minimum Gasteiger partial charge on any atom is -0.311 e. The van der Waals surface area contributed by atoms with Gasteiger partial charge in [0, 0.05) is 5.92 Å². The van der Waals surface area contributed by atoms with Gasteiger partial charge in [0.1, 0.15) is 11.8 Å². The summed E-state index contributed by atoms with van der Waals surface area (Å²) < 4.78 is 2.11. The number of imidazole rings is 1. The van der Waals surface area contributed by atoms with E-state index in [1.807, 2.05) is 12.4 Å². The second-order valence-corrected chi connectivity index (χ2v) is 6.65. The van der Waals surface area contributed by atoms with Gasteiger partial charge in [-0.2, -0.15) is 0 Å². The zero-order valence-electron chi connectivity index (χ0n) is 13.8. The molecular weight excluding hydrogens is 308 g/mol. The van der Waals surface area contributed by atoms with Crippen molar-refractivity contribution in [2.24, 2.45) is 0 Å². The molecule has 4 aromatic rings. The van der Waals surface area contributed by atoms with Crippen LogP contribution in [0.5, 0.6) is 0 Å². The van der Waals surface area contributed by atoms with Crippen LogP contribution in [0.1, 0.15) is 35.1 Å². The molecule has 0 unspecified atom stereocenters. The number of aromatic nitrogens is 4. The molecule has 2 heterocycles. The lowest BCUT2D eigenvalue weighted by atomic mass is 10.1. The standard InChI is InChI=1S/C21H18N4/c1-3-7-15(8-4-1)12-25-14-24-20-19(22-13-23-21(20)25)18-11-17(18)16-9-5-2-6-10-16/h1-10,13-14,17-18H,11-12H2/t17-,18-/m1/s1. The molecule has 4 nitrogen and oxygen atoms in total. The van der Waals surface area contributed by atoms with E-state index < -0.39 is 0 Å². The zero-order chi connectivity index (χ0) is 16.6. The first-order valence-electron chi connectivity index (χ1n) is 8.65. The van der Waals surface area contributed by atoms with Gasteiger partial charge >= 0.3 is 0 Å². The van der Waals surface area contributed by atoms with Crippen molar-refractivity contribution < 1.29 is 0 Å². The van der Waals surface area contributed by atoms with Crippen molar-refractivity contribution >= 4 is 11.2 Å². The van der Waals surface area contributed by atoms with Gasteiger partial charge in [-0.1, -0.05) is 60.7 Å². The first-order valence-corrected chi connectivity index (χ1v) is 8.65. The molecule has 4 heteroatoms. The van der Waals surface area contributed by atoms with Crippen molar-refractivity contribution in [3.63, 3.8) is 0 Å². The molecule has 1 fully saturated rings. The lowest BCUT2D eigenvalue weighted by Crippen LogP contribution is -2.00. The molecule has 0 amide bonds. The fourth-order valence-electron chi connectivity index (χ4n) is 3.63. The molecule has 1 aliphatic rings. The number of rotatable bonds is 4. The monoisotopic (exact) mass is 326 g/mol. The average Bonchev–Trinajstić information content (AvgIpc) is 3.38. The Morgan fingerprint density at radius 3 is 2.40 bits per heavy atom. The predicted octanol–water partition coefficient (Wildman–Crippen LogP) is 4.15. The van der Waals surface area contributed by atoms with Crippen LogP contribution in [0.4, 0.5) is 0 Å². The molecule has 2 atom stereocenters. The van der Waals surface area contributed by atoms with Crippen LogP contribution in [-0.4, -0.2) is 19.5 Å². The smallest absolute Gasteiger partial charge is 0.163 e. The summed E-state index contributed by atoms with van der Waals surface area (Å²) in [7, 11) is 0. The van der Waals surface area contributed by atoms with E-state index in [1.54, 1.807) is 6.33 Å². The Balaban J connectivity index is 1.48. The fraction of sp³-hybridized carbons (Fsp3) is 0.190. The Morgan fingerprint density at radius 2 is 1.60 bits per heavy atom. The molecule has 0 N–H and O–H groups in total. The quantitative estimate of drug-likeness (QED) is 0.566. The molecule has 0 saturated heterocycles. The second-order valence-electron chi connectivity index (χ2n) is 6.65. The molecule has 0 aliphatic heterocycles. The highest BCUT2D eigenvalue weighted by Gasteiger charge is 2.42. The van der Waals surface area contributed by atoms with Gasteiger partial charge in [0.25, 0.3) is 0 Å². The van der Waals surface area contributed by atoms with Crippen LogP contribution in [0.15, 0.2) is 73.3 Å². The summed E-state index contributed by atoms with van der Waals surface area (Å²) in [6, 6.07) is 21.1. The molecule has 0 radical (unpaired) electrons. The number of hydrogen-bond acceptors (Lipinski definition) is 3. The molecule has 0 spiro atoms. The third kappa shape index (κ3) is 2.60. The maximum atomic E-state index is 4.64. The van der Waals surface area contributed by atoms with Crippen molar-refractivity contribution in [3.05, 3.63) is 90.1 Å². The normalized spacial score (nSPS) is 19.2. The maximum Gasteiger partial charge on any atom is 0.163 e. The van der Waals surface area contributed by atoms with Crippen LogP contribution in [0, 0.1) is 0 Å². The summed E-state index contributed by atoms with van der Waals surface area (Å²) >= 11 is 0. The molecular formula is C21H18N4. The van der Waals surface area contributed by atoms with E-state index in [1.165, 1.54) is 11.1 Å². The van der Waals surface area contributed by atoms with Crippen LogP contribution >= 0.6 is 0 Å². The van der Waals surface area contributed by atoms with Crippen LogP contribution in [-0.2, 0) is 6.54 Å². The van der Waals surface area contributed by atoms with E-state index in [-0.39, 0.29) is 0 Å².